The predicted molar refractivity (Wildman–Crippen MR) is 123 cm³/mol. The van der Waals surface area contributed by atoms with E-state index in [-0.39, 0.29) is 11.7 Å². The van der Waals surface area contributed by atoms with Crippen molar-refractivity contribution in [2.24, 2.45) is 0 Å². The van der Waals surface area contributed by atoms with Crippen LogP contribution in [0.1, 0.15) is 21.7 Å². The van der Waals surface area contributed by atoms with E-state index in [1.807, 2.05) is 60.0 Å². The number of amides is 1. The Balaban J connectivity index is 1.41. The van der Waals surface area contributed by atoms with Gasteiger partial charge in [-0.1, -0.05) is 29.8 Å². The van der Waals surface area contributed by atoms with Gasteiger partial charge in [-0.15, -0.1) is 10.2 Å². The topological polar surface area (TPSA) is 77.1 Å². The minimum atomic E-state index is -0.330. The normalized spacial score (nSPS) is 11.1. The zero-order chi connectivity index (χ0) is 22.8. The summed E-state index contributed by atoms with van der Waals surface area (Å²) in [6.45, 7) is 2.38. The number of hydrogen-bond acceptors (Lipinski definition) is 4. The van der Waals surface area contributed by atoms with Gasteiger partial charge in [-0.25, -0.2) is 9.07 Å². The molecule has 7 nitrogen and oxygen atoms in total. The number of carbonyl (C=O) groups excluding carboxylic acids is 1. The second-order valence-electron chi connectivity index (χ2n) is 7.73. The molecule has 5 rings (SSSR count). The van der Waals surface area contributed by atoms with E-state index in [1.165, 1.54) is 12.1 Å². The molecule has 0 unspecified atom stereocenters. The summed E-state index contributed by atoms with van der Waals surface area (Å²) in [7, 11) is 0. The molecule has 8 heteroatoms. The highest BCUT2D eigenvalue weighted by molar-refractivity contribution is 6.00. The summed E-state index contributed by atoms with van der Waals surface area (Å²) in [5, 5.41) is 16.0. The van der Waals surface area contributed by atoms with Gasteiger partial charge in [-0.05, 0) is 49.4 Å². The van der Waals surface area contributed by atoms with Gasteiger partial charge < -0.3 is 5.32 Å². The van der Waals surface area contributed by atoms with Crippen molar-refractivity contribution in [3.05, 3.63) is 102 Å². The molecule has 0 bridgehead atoms. The van der Waals surface area contributed by atoms with Crippen molar-refractivity contribution in [3.8, 4) is 16.9 Å². The highest BCUT2D eigenvalue weighted by Crippen LogP contribution is 2.25. The van der Waals surface area contributed by atoms with E-state index in [1.54, 1.807) is 23.0 Å². The molecule has 0 saturated heterocycles. The molecule has 0 aliphatic heterocycles. The number of halogens is 1. The number of rotatable bonds is 6. The van der Waals surface area contributed by atoms with Crippen LogP contribution in [0, 0.1) is 12.7 Å². The van der Waals surface area contributed by atoms with Crippen molar-refractivity contribution in [1.29, 1.82) is 0 Å². The Bertz CT molecular complexity index is 1440. The number of aromatic nitrogens is 5. The Morgan fingerprint density at radius 1 is 1.03 bits per heavy atom. The highest BCUT2D eigenvalue weighted by atomic mass is 19.1. The van der Waals surface area contributed by atoms with Gasteiger partial charge in [0.25, 0.3) is 5.91 Å². The first-order valence-corrected chi connectivity index (χ1v) is 10.6. The molecule has 33 heavy (non-hydrogen) atoms. The molecule has 164 valence electrons. The predicted octanol–water partition coefficient (Wildman–Crippen LogP) is 4.00. The van der Waals surface area contributed by atoms with Crippen LogP contribution in [0.2, 0.25) is 0 Å². The van der Waals surface area contributed by atoms with Gasteiger partial charge in [0.2, 0.25) is 0 Å². The molecule has 0 atom stereocenters. The molecule has 0 aliphatic carbocycles. The molecule has 0 aliphatic rings. The lowest BCUT2D eigenvalue weighted by Gasteiger charge is -2.06. The molecule has 5 aromatic rings. The zero-order valence-electron chi connectivity index (χ0n) is 17.9. The largest absolute Gasteiger partial charge is 0.351 e. The summed E-state index contributed by atoms with van der Waals surface area (Å²) in [6, 6.07) is 19.5. The van der Waals surface area contributed by atoms with Gasteiger partial charge in [0.05, 0.1) is 11.3 Å². The Labute approximate surface area is 189 Å². The van der Waals surface area contributed by atoms with Crippen molar-refractivity contribution in [2.45, 2.75) is 13.3 Å². The fraction of sp³-hybridized carbons (Fsp3) is 0.120. The molecule has 2 aromatic carbocycles. The summed E-state index contributed by atoms with van der Waals surface area (Å²) in [6.07, 6.45) is 4.10. The fourth-order valence-corrected chi connectivity index (χ4v) is 3.72. The van der Waals surface area contributed by atoms with Crippen molar-refractivity contribution < 1.29 is 9.18 Å². The smallest absolute Gasteiger partial charge is 0.255 e. The third-order valence-corrected chi connectivity index (χ3v) is 5.36. The van der Waals surface area contributed by atoms with E-state index in [2.05, 4.69) is 20.6 Å². The minimum absolute atomic E-state index is 0.242. The highest BCUT2D eigenvalue weighted by Gasteiger charge is 2.19. The molecule has 0 saturated carbocycles. The number of carbonyl (C=O) groups is 1. The average Bonchev–Trinajstić information content (AvgIpc) is 3.45. The third kappa shape index (κ3) is 4.23. The van der Waals surface area contributed by atoms with Crippen LogP contribution >= 0.6 is 0 Å². The SMILES string of the molecule is Cc1cccc(-c2nn(-c3ccc(F)cc3)cc2C(=O)NCCc2nnc3ccccn23)c1. The molecular formula is C25H21FN6O. The molecule has 3 heterocycles. The molecular weight excluding hydrogens is 419 g/mol. The van der Waals surface area contributed by atoms with Crippen molar-refractivity contribution in [1.82, 2.24) is 29.7 Å². The Kier molecular flexibility index (Phi) is 5.40. The lowest BCUT2D eigenvalue weighted by molar-refractivity contribution is 0.0954. The summed E-state index contributed by atoms with van der Waals surface area (Å²) < 4.78 is 16.9. The van der Waals surface area contributed by atoms with Crippen LogP contribution in [0.4, 0.5) is 4.39 Å². The summed E-state index contributed by atoms with van der Waals surface area (Å²) in [4.78, 5) is 13.1. The number of nitrogens with one attached hydrogen (secondary N) is 1. The van der Waals surface area contributed by atoms with Crippen LogP contribution in [-0.4, -0.2) is 36.8 Å². The number of hydrogen-bond donors (Lipinski definition) is 1. The monoisotopic (exact) mass is 440 g/mol. The van der Waals surface area contributed by atoms with Gasteiger partial charge in [0.1, 0.15) is 17.3 Å². The van der Waals surface area contributed by atoms with Gasteiger partial charge in [-0.2, -0.15) is 5.10 Å². The second-order valence-corrected chi connectivity index (χ2v) is 7.73. The maximum absolute atomic E-state index is 13.4. The first kappa shape index (κ1) is 20.6. The number of fused-ring (bicyclic) bond motifs is 1. The van der Waals surface area contributed by atoms with Crippen LogP contribution in [0.25, 0.3) is 22.6 Å². The average molecular weight is 440 g/mol. The molecule has 0 fully saturated rings. The van der Waals surface area contributed by atoms with Crippen molar-refractivity contribution >= 4 is 11.6 Å². The minimum Gasteiger partial charge on any atom is -0.351 e. The first-order chi connectivity index (χ1) is 16.1. The van der Waals surface area contributed by atoms with Crippen LogP contribution in [0.15, 0.2) is 79.1 Å². The van der Waals surface area contributed by atoms with Crippen molar-refractivity contribution in [3.63, 3.8) is 0 Å². The Morgan fingerprint density at radius 2 is 1.88 bits per heavy atom. The van der Waals surface area contributed by atoms with Crippen molar-refractivity contribution in [2.75, 3.05) is 6.54 Å². The third-order valence-electron chi connectivity index (χ3n) is 5.36. The van der Waals surface area contributed by atoms with Crippen LogP contribution < -0.4 is 5.32 Å². The van der Waals surface area contributed by atoms with E-state index in [9.17, 15) is 9.18 Å². The molecule has 0 radical (unpaired) electrons. The van der Waals surface area contributed by atoms with Crippen LogP contribution in [0.3, 0.4) is 0 Å². The maximum atomic E-state index is 13.4. The van der Waals surface area contributed by atoms with Crippen LogP contribution in [-0.2, 0) is 6.42 Å². The summed E-state index contributed by atoms with van der Waals surface area (Å²) in [5.74, 6) is 0.198. The summed E-state index contributed by atoms with van der Waals surface area (Å²) in [5.41, 5.74) is 4.34. The van der Waals surface area contributed by atoms with Gasteiger partial charge >= 0.3 is 0 Å². The lowest BCUT2D eigenvalue weighted by Crippen LogP contribution is -2.26. The van der Waals surface area contributed by atoms with E-state index in [0.29, 0.717) is 29.9 Å². The van der Waals surface area contributed by atoms with Gasteiger partial charge in [0.15, 0.2) is 5.65 Å². The zero-order valence-corrected chi connectivity index (χ0v) is 17.9. The Morgan fingerprint density at radius 3 is 2.70 bits per heavy atom. The molecule has 1 N–H and O–H groups in total. The standard InChI is InChI=1S/C25H21FN6O/c1-17-5-4-6-18(15-17)24-21(16-32(30-24)20-10-8-19(26)9-11-20)25(33)27-13-12-23-29-28-22-7-2-3-14-31(22)23/h2-11,14-16H,12-13H2,1H3,(H,27,33). The number of benzene rings is 2. The van der Waals surface area contributed by atoms with Gasteiger partial charge in [0, 0.05) is 30.9 Å². The summed E-state index contributed by atoms with van der Waals surface area (Å²) >= 11 is 0. The van der Waals surface area contributed by atoms with Crippen LogP contribution in [0.5, 0.6) is 0 Å². The number of nitrogens with zero attached hydrogens (tertiary/aromatic N) is 5. The van der Waals surface area contributed by atoms with E-state index >= 15 is 0 Å². The molecule has 0 spiro atoms. The quantitative estimate of drug-likeness (QED) is 0.433. The van der Waals surface area contributed by atoms with E-state index < -0.39 is 0 Å². The first-order valence-electron chi connectivity index (χ1n) is 10.6. The number of pyridine rings is 1. The number of aryl methyl sites for hydroxylation is 1. The Hall–Kier alpha value is -4.33. The van der Waals surface area contributed by atoms with E-state index in [0.717, 1.165) is 22.6 Å². The maximum Gasteiger partial charge on any atom is 0.255 e. The molecule has 3 aromatic heterocycles. The lowest BCUT2D eigenvalue weighted by atomic mass is 10.1. The van der Waals surface area contributed by atoms with E-state index in [4.69, 9.17) is 0 Å². The fourth-order valence-electron chi connectivity index (χ4n) is 3.72. The van der Waals surface area contributed by atoms with Gasteiger partial charge in [-0.3, -0.25) is 9.20 Å². The molecule has 1 amide bonds. The second kappa shape index (κ2) is 8.66.